The lowest BCUT2D eigenvalue weighted by atomic mass is 9.96. The smallest absolute Gasteiger partial charge is 0.217 e. The molecule has 0 radical (unpaired) electrons. The lowest BCUT2D eigenvalue weighted by molar-refractivity contribution is -0.119. The summed E-state index contributed by atoms with van der Waals surface area (Å²) in [5.41, 5.74) is 9.18. The van der Waals surface area contributed by atoms with Crippen molar-refractivity contribution in [2.45, 2.75) is 51.2 Å². The summed E-state index contributed by atoms with van der Waals surface area (Å²) in [5, 5.41) is 6.31. The number of hydrogen-bond donors (Lipinski definition) is 3. The Kier molecular flexibility index (Phi) is 7.39. The number of hydrogen-bond acceptors (Lipinski definition) is 4. The van der Waals surface area contributed by atoms with Gasteiger partial charge in [-0.15, -0.1) is 0 Å². The van der Waals surface area contributed by atoms with E-state index in [4.69, 9.17) is 10.5 Å². The summed E-state index contributed by atoms with van der Waals surface area (Å²) in [4.78, 5) is 11.7. The second-order valence-electron chi connectivity index (χ2n) is 7.78. The molecule has 0 saturated carbocycles. The molecular formula is C23H29F2N3O2. The van der Waals surface area contributed by atoms with Gasteiger partial charge in [-0.25, -0.2) is 8.78 Å². The minimum Gasteiger partial charge on any atom is -0.493 e. The van der Waals surface area contributed by atoms with Gasteiger partial charge < -0.3 is 21.1 Å². The lowest BCUT2D eigenvalue weighted by Crippen LogP contribution is -2.53. The van der Waals surface area contributed by atoms with E-state index in [0.29, 0.717) is 18.7 Å². The van der Waals surface area contributed by atoms with E-state index in [1.54, 1.807) is 0 Å². The van der Waals surface area contributed by atoms with Crippen molar-refractivity contribution >= 4 is 5.91 Å². The van der Waals surface area contributed by atoms with Crippen molar-refractivity contribution in [1.29, 1.82) is 0 Å². The molecule has 1 unspecified atom stereocenters. The first-order chi connectivity index (χ1) is 14.4. The minimum atomic E-state index is -0.649. The van der Waals surface area contributed by atoms with Gasteiger partial charge in [-0.05, 0) is 42.2 Å². The number of carbonyl (C=O) groups excluding carboxylic acids is 1. The molecule has 3 atom stereocenters. The maximum absolute atomic E-state index is 13.6. The summed E-state index contributed by atoms with van der Waals surface area (Å²) in [6, 6.07) is 8.76. The monoisotopic (exact) mass is 417 g/mol. The Balaban J connectivity index is 1.69. The standard InChI is InChI=1S/C23H29F2N3O2/c1-3-15-4-5-23-19(10-15)21(6-7-30-23)27-13-20(26)22(28-14(2)29)11-16-8-17(24)12-18(25)9-16/h4-5,8-10,12,20-22,27H,3,6-7,11,13,26H2,1-2H3,(H,28,29)/t20-,21?,22+/m1/s1. The van der Waals surface area contributed by atoms with Crippen molar-refractivity contribution in [2.75, 3.05) is 13.2 Å². The largest absolute Gasteiger partial charge is 0.493 e. The molecule has 7 heteroatoms. The summed E-state index contributed by atoms with van der Waals surface area (Å²) in [6.07, 6.45) is 1.99. The number of fused-ring (bicyclic) bond motifs is 1. The molecule has 0 spiro atoms. The van der Waals surface area contributed by atoms with E-state index < -0.39 is 23.7 Å². The number of rotatable bonds is 8. The average Bonchev–Trinajstić information content (AvgIpc) is 2.70. The Hall–Kier alpha value is -2.51. The third-order valence-corrected chi connectivity index (χ3v) is 5.41. The Morgan fingerprint density at radius 3 is 2.60 bits per heavy atom. The zero-order valence-electron chi connectivity index (χ0n) is 17.4. The quantitative estimate of drug-likeness (QED) is 0.617. The van der Waals surface area contributed by atoms with Crippen LogP contribution in [-0.4, -0.2) is 31.1 Å². The molecule has 4 N–H and O–H groups in total. The van der Waals surface area contributed by atoms with Crippen molar-refractivity contribution < 1.29 is 18.3 Å². The van der Waals surface area contributed by atoms with Crippen LogP contribution in [0.3, 0.4) is 0 Å². The molecule has 2 aromatic carbocycles. The van der Waals surface area contributed by atoms with Gasteiger partial charge in [-0.2, -0.15) is 0 Å². The van der Waals surface area contributed by atoms with E-state index in [1.807, 2.05) is 6.07 Å². The number of amides is 1. The van der Waals surface area contributed by atoms with E-state index >= 15 is 0 Å². The molecule has 2 aromatic rings. The second-order valence-corrected chi connectivity index (χ2v) is 7.78. The summed E-state index contributed by atoms with van der Waals surface area (Å²) in [6.45, 7) is 4.56. The second kappa shape index (κ2) is 10.00. The summed E-state index contributed by atoms with van der Waals surface area (Å²) in [7, 11) is 0. The Labute approximate surface area is 176 Å². The normalized spacial score (nSPS) is 17.6. The third kappa shape index (κ3) is 5.77. The first kappa shape index (κ1) is 22.2. The molecule has 30 heavy (non-hydrogen) atoms. The lowest BCUT2D eigenvalue weighted by Gasteiger charge is -2.30. The van der Waals surface area contributed by atoms with Crippen LogP contribution in [0, 0.1) is 11.6 Å². The summed E-state index contributed by atoms with van der Waals surface area (Å²) < 4.78 is 32.9. The first-order valence-electron chi connectivity index (χ1n) is 10.3. The zero-order chi connectivity index (χ0) is 21.7. The van der Waals surface area contributed by atoms with Crippen molar-refractivity contribution in [2.24, 2.45) is 5.73 Å². The fourth-order valence-corrected chi connectivity index (χ4v) is 3.85. The van der Waals surface area contributed by atoms with E-state index in [1.165, 1.54) is 24.6 Å². The first-order valence-corrected chi connectivity index (χ1v) is 10.3. The fourth-order valence-electron chi connectivity index (χ4n) is 3.85. The zero-order valence-corrected chi connectivity index (χ0v) is 17.4. The van der Waals surface area contributed by atoms with Crippen molar-refractivity contribution in [1.82, 2.24) is 10.6 Å². The van der Waals surface area contributed by atoms with Gasteiger partial charge in [-0.1, -0.05) is 19.1 Å². The predicted octanol–water partition coefficient (Wildman–Crippen LogP) is 3.02. The van der Waals surface area contributed by atoms with Gasteiger partial charge in [0.1, 0.15) is 17.4 Å². The molecule has 0 bridgehead atoms. The predicted molar refractivity (Wildman–Crippen MR) is 112 cm³/mol. The molecular weight excluding hydrogens is 388 g/mol. The van der Waals surface area contributed by atoms with Gasteiger partial charge in [-0.3, -0.25) is 4.79 Å². The number of halogens is 2. The van der Waals surface area contributed by atoms with Crippen LogP contribution in [0.1, 0.15) is 43.0 Å². The van der Waals surface area contributed by atoms with Gasteiger partial charge in [0, 0.05) is 49.6 Å². The molecule has 3 rings (SSSR count). The van der Waals surface area contributed by atoms with Crippen LogP contribution in [0.15, 0.2) is 36.4 Å². The van der Waals surface area contributed by atoms with Crippen LogP contribution in [-0.2, 0) is 17.6 Å². The molecule has 1 amide bonds. The van der Waals surface area contributed by atoms with Gasteiger partial charge >= 0.3 is 0 Å². The number of benzene rings is 2. The van der Waals surface area contributed by atoms with Crippen LogP contribution in [0.25, 0.3) is 0 Å². The fraction of sp³-hybridized carbons (Fsp3) is 0.435. The van der Waals surface area contributed by atoms with E-state index in [2.05, 4.69) is 29.7 Å². The van der Waals surface area contributed by atoms with Gasteiger partial charge in [0.25, 0.3) is 0 Å². The van der Waals surface area contributed by atoms with Crippen LogP contribution in [0.4, 0.5) is 8.78 Å². The molecule has 0 aliphatic carbocycles. The van der Waals surface area contributed by atoms with Crippen molar-refractivity contribution in [3.8, 4) is 5.75 Å². The maximum atomic E-state index is 13.6. The van der Waals surface area contributed by atoms with E-state index in [9.17, 15) is 13.6 Å². The highest BCUT2D eigenvalue weighted by Crippen LogP contribution is 2.32. The third-order valence-electron chi connectivity index (χ3n) is 5.41. The van der Waals surface area contributed by atoms with Crippen molar-refractivity contribution in [3.63, 3.8) is 0 Å². The molecule has 1 heterocycles. The van der Waals surface area contributed by atoms with Gasteiger partial charge in [0.15, 0.2) is 0 Å². The highest BCUT2D eigenvalue weighted by Gasteiger charge is 2.25. The average molecular weight is 418 g/mol. The minimum absolute atomic E-state index is 0.0934. The molecule has 0 fully saturated rings. The summed E-state index contributed by atoms with van der Waals surface area (Å²) in [5.74, 6) is -0.665. The Bertz CT molecular complexity index is 870. The SMILES string of the molecule is CCc1ccc2c(c1)C(NC[C@@H](N)[C@H](Cc1cc(F)cc(F)c1)NC(C)=O)CCO2. The molecule has 0 saturated heterocycles. The van der Waals surface area contributed by atoms with E-state index in [-0.39, 0.29) is 18.4 Å². The number of nitrogens with one attached hydrogen (secondary N) is 2. The van der Waals surface area contributed by atoms with Crippen LogP contribution >= 0.6 is 0 Å². The summed E-state index contributed by atoms with van der Waals surface area (Å²) >= 11 is 0. The van der Waals surface area contributed by atoms with Gasteiger partial charge in [0.05, 0.1) is 6.61 Å². The number of aryl methyl sites for hydroxylation is 1. The Morgan fingerprint density at radius 1 is 1.20 bits per heavy atom. The molecule has 1 aliphatic rings. The topological polar surface area (TPSA) is 76.4 Å². The number of ether oxygens (including phenoxy) is 1. The van der Waals surface area contributed by atoms with E-state index in [0.717, 1.165) is 30.2 Å². The highest BCUT2D eigenvalue weighted by molar-refractivity contribution is 5.73. The van der Waals surface area contributed by atoms with Crippen LogP contribution in [0.5, 0.6) is 5.75 Å². The molecule has 0 aromatic heterocycles. The molecule has 1 aliphatic heterocycles. The highest BCUT2D eigenvalue weighted by atomic mass is 19.1. The number of carbonyl (C=O) groups is 1. The molecule has 162 valence electrons. The van der Waals surface area contributed by atoms with Crippen molar-refractivity contribution in [3.05, 3.63) is 64.7 Å². The number of nitrogens with two attached hydrogens (primary N) is 1. The van der Waals surface area contributed by atoms with Crippen LogP contribution < -0.4 is 21.1 Å². The Morgan fingerprint density at radius 2 is 1.93 bits per heavy atom. The molecule has 5 nitrogen and oxygen atoms in total. The van der Waals surface area contributed by atoms with Gasteiger partial charge in [0.2, 0.25) is 5.91 Å². The maximum Gasteiger partial charge on any atom is 0.217 e. The van der Waals surface area contributed by atoms with Crippen LogP contribution in [0.2, 0.25) is 0 Å².